The SMILES string of the molecule is CCC(C)CCCCCCC1CC(=O)N[C@@H](CCC(=O)O)C(=O)NC(CC(C)C)C(=O)N[C@H](CC(C)C)C(=O)N[C@@H](C(C)C)C(=O)NC(CC(=O)O)C(=O)N[C@H](CC(C)C)C(=O)NC(C(C)C)C(=O)O1. The first-order valence-corrected chi connectivity index (χ1v) is 25.4. The van der Waals surface area contributed by atoms with Crippen LogP contribution in [0.15, 0.2) is 0 Å². The first-order valence-electron chi connectivity index (χ1n) is 25.4. The van der Waals surface area contributed by atoms with Gasteiger partial charge in [-0.3, -0.25) is 43.2 Å². The summed E-state index contributed by atoms with van der Waals surface area (Å²) < 4.78 is 5.98. The lowest BCUT2D eigenvalue weighted by Gasteiger charge is -2.29. The van der Waals surface area contributed by atoms with Crippen LogP contribution in [0.2, 0.25) is 0 Å². The van der Waals surface area contributed by atoms with E-state index in [0.29, 0.717) is 12.3 Å². The van der Waals surface area contributed by atoms with Gasteiger partial charge in [0.2, 0.25) is 41.4 Å². The molecule has 9 atom stereocenters. The van der Waals surface area contributed by atoms with Gasteiger partial charge in [0.1, 0.15) is 48.4 Å². The molecule has 0 aromatic heterocycles. The highest BCUT2D eigenvalue weighted by molar-refractivity contribution is 5.98. The largest absolute Gasteiger partial charge is 0.481 e. The van der Waals surface area contributed by atoms with Gasteiger partial charge in [0.05, 0.1) is 12.8 Å². The predicted octanol–water partition coefficient (Wildman–Crippen LogP) is 3.87. The second-order valence-electron chi connectivity index (χ2n) is 21.0. The van der Waals surface area contributed by atoms with Crippen molar-refractivity contribution in [2.75, 3.05) is 0 Å². The van der Waals surface area contributed by atoms with Crippen molar-refractivity contribution in [2.45, 2.75) is 221 Å². The zero-order valence-electron chi connectivity index (χ0n) is 43.9. The van der Waals surface area contributed by atoms with Crippen LogP contribution in [0.25, 0.3) is 0 Å². The smallest absolute Gasteiger partial charge is 0.329 e. The van der Waals surface area contributed by atoms with E-state index in [2.05, 4.69) is 51.1 Å². The Kier molecular flexibility index (Phi) is 28.5. The maximum atomic E-state index is 14.1. The number of esters is 1. The van der Waals surface area contributed by atoms with Crippen LogP contribution in [-0.4, -0.2) is 118 Å². The van der Waals surface area contributed by atoms with Gasteiger partial charge in [-0.1, -0.05) is 115 Å². The second kappa shape index (κ2) is 31.8. The van der Waals surface area contributed by atoms with E-state index in [4.69, 9.17) is 4.74 Å². The molecule has 1 saturated heterocycles. The lowest BCUT2D eigenvalue weighted by atomic mass is 9.98. The van der Waals surface area contributed by atoms with Crippen LogP contribution >= 0.6 is 0 Å². The van der Waals surface area contributed by atoms with Crippen LogP contribution in [0.1, 0.15) is 173 Å². The predicted molar refractivity (Wildman–Crippen MR) is 262 cm³/mol. The van der Waals surface area contributed by atoms with E-state index in [1.807, 2.05) is 0 Å². The monoisotopic (exact) mass is 994 g/mol. The number of cyclic esters (lactones) is 1. The Morgan fingerprint density at radius 2 is 0.943 bits per heavy atom. The van der Waals surface area contributed by atoms with Gasteiger partial charge in [-0.05, 0) is 74.0 Å². The van der Waals surface area contributed by atoms with Crippen molar-refractivity contribution in [3.8, 4) is 0 Å². The van der Waals surface area contributed by atoms with Gasteiger partial charge in [-0.2, -0.15) is 0 Å². The molecular formula is C50H87N7O13. The summed E-state index contributed by atoms with van der Waals surface area (Å²) in [6.45, 7) is 21.6. The number of hydrogen-bond acceptors (Lipinski definition) is 11. The molecule has 0 bridgehead atoms. The number of hydrogen-bond donors (Lipinski definition) is 9. The molecule has 9 N–H and O–H groups in total. The first-order chi connectivity index (χ1) is 32.6. The molecule has 0 aromatic rings. The molecule has 400 valence electrons. The van der Waals surface area contributed by atoms with Crippen LogP contribution in [0, 0.1) is 35.5 Å². The zero-order chi connectivity index (χ0) is 53.4. The average molecular weight is 994 g/mol. The van der Waals surface area contributed by atoms with Gasteiger partial charge >= 0.3 is 17.9 Å². The van der Waals surface area contributed by atoms with Crippen molar-refractivity contribution in [1.29, 1.82) is 0 Å². The lowest BCUT2D eigenvalue weighted by Crippen LogP contribution is -2.61. The van der Waals surface area contributed by atoms with Crippen LogP contribution in [0.5, 0.6) is 0 Å². The van der Waals surface area contributed by atoms with Crippen molar-refractivity contribution >= 4 is 59.3 Å². The van der Waals surface area contributed by atoms with E-state index in [0.717, 1.165) is 32.1 Å². The molecule has 7 amide bonds. The maximum absolute atomic E-state index is 14.1. The Balaban J connectivity index is 3.98. The minimum atomic E-state index is -1.72. The third-order valence-electron chi connectivity index (χ3n) is 12.2. The molecule has 0 spiro atoms. The number of unbranched alkanes of at least 4 members (excludes halogenated alkanes) is 3. The fourth-order valence-electron chi connectivity index (χ4n) is 7.97. The molecule has 1 aliphatic heterocycles. The zero-order valence-corrected chi connectivity index (χ0v) is 43.9. The molecule has 20 nitrogen and oxygen atoms in total. The minimum absolute atomic E-state index is 0.0350. The molecule has 0 aliphatic carbocycles. The van der Waals surface area contributed by atoms with Crippen molar-refractivity contribution in [2.24, 2.45) is 35.5 Å². The number of carbonyl (C=O) groups is 10. The summed E-state index contributed by atoms with van der Waals surface area (Å²) in [6, 6.07) is -9.67. The highest BCUT2D eigenvalue weighted by Crippen LogP contribution is 2.19. The standard InChI is InChI=1S/C50H87N7O13/c1-13-32(12)18-16-14-15-17-19-33-25-39(58)51-34(20-21-40(59)60)44(63)52-35(22-27(2)3)45(64)53-36(23-28(4)5)47(66)56-42(30(8)9)49(68)55-38(26-41(61)62)46(65)54-37(24-29(6)7)48(67)57-43(31(10)11)50(69)70-33/h27-38,42-43H,13-26H2,1-12H3,(H,51,58)(H,52,63)(H,53,64)(H,54,65)(H,55,68)(H,56,66)(H,57,67)(H,59,60)(H,61,62)/t32?,33?,34-,35?,36+,37+,38?,42-,43?/m0/s1. The molecule has 0 aromatic carbocycles. The van der Waals surface area contributed by atoms with Crippen molar-refractivity contribution in [3.05, 3.63) is 0 Å². The summed E-state index contributed by atoms with van der Waals surface area (Å²) in [5, 5.41) is 37.7. The molecule has 1 rings (SSSR count). The Morgan fingerprint density at radius 3 is 1.39 bits per heavy atom. The molecule has 70 heavy (non-hydrogen) atoms. The van der Waals surface area contributed by atoms with E-state index < -0.39 is 139 Å². The number of rotatable bonds is 21. The number of nitrogens with one attached hydrogen (secondary N) is 7. The minimum Gasteiger partial charge on any atom is -0.481 e. The van der Waals surface area contributed by atoms with E-state index in [9.17, 15) is 58.2 Å². The van der Waals surface area contributed by atoms with E-state index in [1.165, 1.54) is 0 Å². The van der Waals surface area contributed by atoms with E-state index >= 15 is 0 Å². The lowest BCUT2D eigenvalue weighted by molar-refractivity contribution is -0.156. The summed E-state index contributed by atoms with van der Waals surface area (Å²) in [5.41, 5.74) is 0. The molecular weight excluding hydrogens is 907 g/mol. The number of carbonyl (C=O) groups excluding carboxylic acids is 8. The topological polar surface area (TPSA) is 305 Å². The van der Waals surface area contributed by atoms with E-state index in [-0.39, 0.29) is 49.9 Å². The van der Waals surface area contributed by atoms with Gasteiger partial charge in [0, 0.05) is 6.42 Å². The van der Waals surface area contributed by atoms with Gasteiger partial charge in [0.15, 0.2) is 0 Å². The van der Waals surface area contributed by atoms with Gasteiger partial charge < -0.3 is 52.2 Å². The van der Waals surface area contributed by atoms with Crippen molar-refractivity contribution in [1.82, 2.24) is 37.2 Å². The summed E-state index contributed by atoms with van der Waals surface area (Å²) >= 11 is 0. The number of aliphatic carboxylic acids is 2. The van der Waals surface area contributed by atoms with Gasteiger partial charge in [-0.25, -0.2) is 4.79 Å². The van der Waals surface area contributed by atoms with Crippen molar-refractivity contribution in [3.63, 3.8) is 0 Å². The number of carboxylic acids is 2. The fraction of sp³-hybridized carbons (Fsp3) is 0.800. The summed E-state index contributed by atoms with van der Waals surface area (Å²) in [5.74, 6) is -10.7. The molecule has 20 heteroatoms. The molecule has 1 heterocycles. The normalized spacial score (nSPS) is 24.9. The van der Waals surface area contributed by atoms with Gasteiger partial charge in [-0.15, -0.1) is 0 Å². The fourth-order valence-corrected chi connectivity index (χ4v) is 7.97. The third kappa shape index (κ3) is 24.5. The second-order valence-corrected chi connectivity index (χ2v) is 21.0. The molecule has 1 aliphatic rings. The first kappa shape index (κ1) is 62.7. The molecule has 5 unspecified atom stereocenters. The summed E-state index contributed by atoms with van der Waals surface area (Å²) in [7, 11) is 0. The van der Waals surface area contributed by atoms with Gasteiger partial charge in [0.25, 0.3) is 0 Å². The Morgan fingerprint density at radius 1 is 0.514 bits per heavy atom. The highest BCUT2D eigenvalue weighted by Gasteiger charge is 2.37. The molecule has 0 saturated carbocycles. The van der Waals surface area contributed by atoms with Crippen LogP contribution in [-0.2, 0) is 52.7 Å². The van der Waals surface area contributed by atoms with Crippen molar-refractivity contribution < 1.29 is 62.9 Å². The van der Waals surface area contributed by atoms with Crippen LogP contribution in [0.3, 0.4) is 0 Å². The summed E-state index contributed by atoms with van der Waals surface area (Å²) in [4.78, 5) is 136. The molecule has 1 fully saturated rings. The quantitative estimate of drug-likeness (QED) is 0.0584. The number of ether oxygens (including phenoxy) is 1. The number of amides is 7. The Hall–Kier alpha value is -5.30. The third-order valence-corrected chi connectivity index (χ3v) is 12.2. The van der Waals surface area contributed by atoms with Crippen LogP contribution in [0.4, 0.5) is 0 Å². The van der Waals surface area contributed by atoms with Crippen LogP contribution < -0.4 is 37.2 Å². The average Bonchev–Trinajstić information content (AvgIpc) is 3.24. The Labute approximate surface area is 415 Å². The molecule has 0 radical (unpaired) electrons. The Bertz CT molecular complexity index is 1750. The maximum Gasteiger partial charge on any atom is 0.329 e. The highest BCUT2D eigenvalue weighted by atomic mass is 16.5. The summed E-state index contributed by atoms with van der Waals surface area (Å²) in [6.07, 6.45) is 2.45. The number of carboxylic acid groups (broad SMARTS) is 2. The van der Waals surface area contributed by atoms with E-state index in [1.54, 1.807) is 69.2 Å².